The van der Waals surface area contributed by atoms with E-state index >= 15 is 0 Å². The number of amidine groups is 2. The normalized spacial score (nSPS) is 16.1. The first-order chi connectivity index (χ1) is 26.6. The van der Waals surface area contributed by atoms with Crippen molar-refractivity contribution in [3.63, 3.8) is 0 Å². The van der Waals surface area contributed by atoms with E-state index in [1.54, 1.807) is 60.7 Å². The molecule has 2 aliphatic rings. The first kappa shape index (κ1) is 38.0. The van der Waals surface area contributed by atoms with Crippen molar-refractivity contribution >= 4 is 69.0 Å². The van der Waals surface area contributed by atoms with Crippen LogP contribution in [-0.4, -0.2) is 45.6 Å². The monoisotopic (exact) mass is 776 g/mol. The zero-order chi connectivity index (χ0) is 38.9. The van der Waals surface area contributed by atoms with Gasteiger partial charge < -0.3 is 32.7 Å². The predicted molar refractivity (Wildman–Crippen MR) is 210 cm³/mol. The van der Waals surface area contributed by atoms with E-state index < -0.39 is 24.0 Å². The molecule has 2 atom stereocenters. The Hall–Kier alpha value is -6.76. The van der Waals surface area contributed by atoms with Crippen LogP contribution in [0.3, 0.4) is 0 Å². The van der Waals surface area contributed by atoms with E-state index in [2.05, 4.69) is 53.4 Å². The van der Waals surface area contributed by atoms with Crippen molar-refractivity contribution in [1.82, 2.24) is 10.6 Å². The largest absolute Gasteiger partial charge is 0.370 e. The third-order valence-corrected chi connectivity index (χ3v) is 9.70. The molecule has 14 nitrogen and oxygen atoms in total. The summed E-state index contributed by atoms with van der Waals surface area (Å²) in [7, 11) is 0. The van der Waals surface area contributed by atoms with Crippen molar-refractivity contribution in [1.29, 1.82) is 10.5 Å². The van der Waals surface area contributed by atoms with Crippen LogP contribution in [0, 0.1) is 34.3 Å². The Kier molecular flexibility index (Phi) is 12.0. The van der Waals surface area contributed by atoms with Gasteiger partial charge in [0.2, 0.25) is 11.8 Å². The van der Waals surface area contributed by atoms with Crippen LogP contribution in [-0.2, 0) is 16.0 Å². The van der Waals surface area contributed by atoms with Gasteiger partial charge in [-0.1, -0.05) is 72.1 Å². The molecule has 0 saturated carbocycles. The molecule has 276 valence electrons. The van der Waals surface area contributed by atoms with E-state index in [0.29, 0.717) is 44.0 Å². The number of rotatable bonds is 10. The topological polar surface area (TPSA) is 231 Å². The Morgan fingerprint density at radius 2 is 1.09 bits per heavy atom. The lowest BCUT2D eigenvalue weighted by molar-refractivity contribution is -0.114. The van der Waals surface area contributed by atoms with Gasteiger partial charge in [0.1, 0.15) is 11.6 Å². The molecule has 2 amide bonds. The standard InChI is InChI=1S/C37H30F2N12O2S2/c38-28-7-3-1-5-26(28)32-46-34(42)50-36(48-32)54-18-30(52)44-24-11-9-20(22(14-24)16-40)13-21-10-12-25(15-23(21)17-41)45-31(53)19-55-37-49-33(47-35(43)51-37)27-6-2-4-8-29(27)39/h1-12,14-15,32-33H,13,18-19H2,(H,44,52)(H,45,53)(H3,42,46,48,50)(H3,43,47,49,51)/t32-,33-/m0/s1. The van der Waals surface area contributed by atoms with Gasteiger partial charge in [0, 0.05) is 28.9 Å². The van der Waals surface area contributed by atoms with Gasteiger partial charge in [0.05, 0.1) is 34.8 Å². The molecule has 0 fully saturated rings. The molecule has 2 aliphatic heterocycles. The minimum atomic E-state index is -0.889. The second kappa shape index (κ2) is 17.4. The van der Waals surface area contributed by atoms with Crippen molar-refractivity contribution in [3.05, 3.63) is 130 Å². The smallest absolute Gasteiger partial charge is 0.234 e. The molecule has 4 aromatic rings. The highest BCUT2D eigenvalue weighted by Crippen LogP contribution is 2.27. The average Bonchev–Trinajstić information content (AvgIpc) is 3.17. The van der Waals surface area contributed by atoms with Gasteiger partial charge in [-0.3, -0.25) is 9.59 Å². The lowest BCUT2D eigenvalue weighted by Crippen LogP contribution is -2.39. The molecule has 0 aliphatic carbocycles. The summed E-state index contributed by atoms with van der Waals surface area (Å²) in [6.07, 6.45) is -1.55. The fourth-order valence-electron chi connectivity index (χ4n) is 5.38. The number of nitrogens with one attached hydrogen (secondary N) is 4. The first-order valence-corrected chi connectivity index (χ1v) is 18.3. The number of aliphatic imine (C=N–C) groups is 4. The molecular formula is C37H30F2N12O2S2. The number of guanidine groups is 2. The van der Waals surface area contributed by atoms with E-state index in [1.807, 2.05) is 0 Å². The van der Waals surface area contributed by atoms with Crippen molar-refractivity contribution in [3.8, 4) is 12.1 Å². The number of benzene rings is 4. The van der Waals surface area contributed by atoms with Gasteiger partial charge in [-0.15, -0.1) is 0 Å². The molecule has 0 radical (unpaired) electrons. The zero-order valence-corrected chi connectivity index (χ0v) is 30.2. The van der Waals surface area contributed by atoms with Crippen LogP contribution in [0.1, 0.15) is 45.7 Å². The Bertz CT molecular complexity index is 2210. The number of nitriles is 2. The molecule has 0 saturated heterocycles. The Balaban J connectivity index is 1.03. The van der Waals surface area contributed by atoms with Crippen LogP contribution in [0.15, 0.2) is 105 Å². The third kappa shape index (κ3) is 9.82. The van der Waals surface area contributed by atoms with E-state index in [4.69, 9.17) is 11.5 Å². The van der Waals surface area contributed by atoms with Crippen LogP contribution in [0.2, 0.25) is 0 Å². The summed E-state index contributed by atoms with van der Waals surface area (Å²) in [4.78, 5) is 42.6. The summed E-state index contributed by atoms with van der Waals surface area (Å²) in [5.74, 6) is -1.77. The van der Waals surface area contributed by atoms with Gasteiger partial charge in [-0.25, -0.2) is 28.8 Å². The molecule has 0 unspecified atom stereocenters. The van der Waals surface area contributed by atoms with Crippen molar-refractivity contribution < 1.29 is 18.4 Å². The van der Waals surface area contributed by atoms with Crippen molar-refractivity contribution in [2.75, 3.05) is 22.1 Å². The van der Waals surface area contributed by atoms with Crippen LogP contribution < -0.4 is 32.7 Å². The maximum absolute atomic E-state index is 14.3. The fourth-order valence-corrected chi connectivity index (χ4v) is 6.76. The summed E-state index contributed by atoms with van der Waals surface area (Å²) in [5.41, 5.74) is 14.8. The van der Waals surface area contributed by atoms with Gasteiger partial charge in [-0.2, -0.15) is 10.5 Å². The minimum Gasteiger partial charge on any atom is -0.370 e. The quantitative estimate of drug-likeness (QED) is 0.131. The molecule has 8 N–H and O–H groups in total. The summed E-state index contributed by atoms with van der Waals surface area (Å²) in [6.45, 7) is 0. The highest BCUT2D eigenvalue weighted by Gasteiger charge is 2.22. The number of amides is 2. The molecule has 0 bridgehead atoms. The Labute approximate surface area is 321 Å². The van der Waals surface area contributed by atoms with E-state index in [-0.39, 0.29) is 52.8 Å². The number of halogens is 2. The van der Waals surface area contributed by atoms with Crippen LogP contribution in [0.5, 0.6) is 0 Å². The number of hydrogen-bond donors (Lipinski definition) is 6. The summed E-state index contributed by atoms with van der Waals surface area (Å²) < 4.78 is 28.6. The van der Waals surface area contributed by atoms with Gasteiger partial charge in [0.25, 0.3) is 0 Å². The lowest BCUT2D eigenvalue weighted by atomic mass is 9.96. The number of hydrogen-bond acceptors (Lipinski definition) is 14. The lowest BCUT2D eigenvalue weighted by Gasteiger charge is -2.19. The van der Waals surface area contributed by atoms with Crippen molar-refractivity contribution in [2.45, 2.75) is 18.8 Å². The molecule has 6 rings (SSSR count). The maximum Gasteiger partial charge on any atom is 0.234 e. The number of carbonyl (C=O) groups excluding carboxylic acids is 2. The molecule has 55 heavy (non-hydrogen) atoms. The highest BCUT2D eigenvalue weighted by molar-refractivity contribution is 8.14. The van der Waals surface area contributed by atoms with Crippen LogP contribution in [0.4, 0.5) is 20.2 Å². The van der Waals surface area contributed by atoms with Crippen LogP contribution in [0.25, 0.3) is 0 Å². The summed E-state index contributed by atoms with van der Waals surface area (Å²) >= 11 is 2.11. The maximum atomic E-state index is 14.3. The average molecular weight is 777 g/mol. The number of anilines is 2. The molecule has 2 heterocycles. The third-order valence-electron chi connectivity index (χ3n) is 7.93. The summed E-state index contributed by atoms with van der Waals surface area (Å²) in [5, 5.41) is 31.5. The second-order valence-electron chi connectivity index (χ2n) is 11.8. The second-order valence-corrected chi connectivity index (χ2v) is 13.7. The first-order valence-electron chi connectivity index (χ1n) is 16.3. The molecule has 0 spiro atoms. The van der Waals surface area contributed by atoms with Gasteiger partial charge in [-0.05, 0) is 47.5 Å². The zero-order valence-electron chi connectivity index (χ0n) is 28.6. The van der Waals surface area contributed by atoms with Gasteiger partial charge in [0.15, 0.2) is 34.6 Å². The van der Waals surface area contributed by atoms with E-state index in [1.165, 1.54) is 24.3 Å². The highest BCUT2D eigenvalue weighted by atomic mass is 32.2. The number of carbonyl (C=O) groups is 2. The van der Waals surface area contributed by atoms with E-state index in [0.717, 1.165) is 23.5 Å². The Morgan fingerprint density at radius 1 is 0.673 bits per heavy atom. The van der Waals surface area contributed by atoms with Gasteiger partial charge >= 0.3 is 0 Å². The Morgan fingerprint density at radius 3 is 1.49 bits per heavy atom. The van der Waals surface area contributed by atoms with E-state index in [9.17, 15) is 28.9 Å². The molecular weight excluding hydrogens is 747 g/mol. The minimum absolute atomic E-state index is 0.0393. The molecule has 0 aromatic heterocycles. The SMILES string of the molecule is N#Cc1cc(NC(=O)CSC2=N[C@@H](c3ccccc3F)N=C(N)N2)ccc1Cc1ccc(NC(=O)CSC2=N[C@@H](c3ccccc3F)N=C(N)N2)cc1C#N. The van der Waals surface area contributed by atoms with Crippen molar-refractivity contribution in [2.24, 2.45) is 31.4 Å². The van der Waals surface area contributed by atoms with Crippen LogP contribution >= 0.6 is 23.5 Å². The summed E-state index contributed by atoms with van der Waals surface area (Å²) in [6, 6.07) is 26.2. The number of nitrogens with two attached hydrogens (primary N) is 2. The predicted octanol–water partition coefficient (Wildman–Crippen LogP) is 4.59. The molecule has 4 aromatic carbocycles. The molecule has 18 heteroatoms. The fraction of sp³-hybridized carbons (Fsp3) is 0.135. The number of thioether (sulfide) groups is 2. The number of nitrogens with zero attached hydrogens (tertiary/aromatic N) is 6.